The average Bonchev–Trinajstić information content (AvgIpc) is 2.27. The van der Waals surface area contributed by atoms with E-state index in [0.717, 1.165) is 30.8 Å². The lowest BCUT2D eigenvalue weighted by Gasteiger charge is -2.22. The van der Waals surface area contributed by atoms with Gasteiger partial charge in [0.1, 0.15) is 0 Å². The largest absolute Gasteiger partial charge is 0.310 e. The van der Waals surface area contributed by atoms with Gasteiger partial charge >= 0.3 is 0 Å². The van der Waals surface area contributed by atoms with Gasteiger partial charge in [0, 0.05) is 6.04 Å². The first-order valence-electron chi connectivity index (χ1n) is 6.58. The lowest BCUT2D eigenvalue weighted by molar-refractivity contribution is 0.427. The maximum atomic E-state index is 4.22. The second-order valence-corrected chi connectivity index (χ2v) is 5.16. The smallest absolute Gasteiger partial charge is 0.0648 e. The van der Waals surface area contributed by atoms with Crippen molar-refractivity contribution >= 4 is 0 Å². The second kappa shape index (κ2) is 6.70. The molecule has 1 aromatic heterocycles. The first kappa shape index (κ1) is 14.1. The van der Waals surface area contributed by atoms with Gasteiger partial charge in [-0.05, 0) is 50.8 Å². The highest BCUT2D eigenvalue weighted by Crippen LogP contribution is 2.23. The zero-order valence-electron chi connectivity index (χ0n) is 11.7. The minimum Gasteiger partial charge on any atom is -0.310 e. The molecule has 0 amide bonds. The summed E-state index contributed by atoms with van der Waals surface area (Å²) >= 11 is 0. The van der Waals surface area contributed by atoms with Crippen molar-refractivity contribution in [3.8, 4) is 0 Å². The van der Waals surface area contributed by atoms with Crippen molar-refractivity contribution in [1.82, 2.24) is 15.5 Å². The fourth-order valence-electron chi connectivity index (χ4n) is 2.03. The monoisotopic (exact) mass is 235 g/mol. The van der Waals surface area contributed by atoms with E-state index in [2.05, 4.69) is 42.4 Å². The van der Waals surface area contributed by atoms with Crippen LogP contribution in [0.3, 0.4) is 0 Å². The van der Waals surface area contributed by atoms with Gasteiger partial charge in [-0.2, -0.15) is 10.2 Å². The van der Waals surface area contributed by atoms with Crippen LogP contribution >= 0.6 is 0 Å². The summed E-state index contributed by atoms with van der Waals surface area (Å²) in [6.45, 7) is 11.8. The second-order valence-electron chi connectivity index (χ2n) is 5.16. The first-order valence-corrected chi connectivity index (χ1v) is 6.58. The Balaban J connectivity index is 2.90. The highest BCUT2D eigenvalue weighted by Gasteiger charge is 2.16. The van der Waals surface area contributed by atoms with Gasteiger partial charge in [-0.3, -0.25) is 0 Å². The average molecular weight is 235 g/mol. The van der Waals surface area contributed by atoms with Crippen molar-refractivity contribution in [2.24, 2.45) is 5.92 Å². The van der Waals surface area contributed by atoms with Crippen molar-refractivity contribution in [2.45, 2.75) is 53.5 Å². The zero-order chi connectivity index (χ0) is 12.8. The summed E-state index contributed by atoms with van der Waals surface area (Å²) in [5.74, 6) is 0.678. The quantitative estimate of drug-likeness (QED) is 0.823. The van der Waals surface area contributed by atoms with E-state index in [1.54, 1.807) is 0 Å². The summed E-state index contributed by atoms with van der Waals surface area (Å²) in [5, 5.41) is 11.9. The van der Waals surface area contributed by atoms with E-state index in [1.165, 1.54) is 5.56 Å². The number of hydrogen-bond acceptors (Lipinski definition) is 3. The van der Waals surface area contributed by atoms with Crippen LogP contribution in [-0.4, -0.2) is 16.7 Å². The van der Waals surface area contributed by atoms with Gasteiger partial charge in [0.2, 0.25) is 0 Å². The maximum absolute atomic E-state index is 4.22. The third-order valence-corrected chi connectivity index (χ3v) is 2.86. The summed E-state index contributed by atoms with van der Waals surface area (Å²) in [6, 6.07) is 2.57. The molecule has 0 fully saturated rings. The number of nitrogens with zero attached hydrogens (tertiary/aromatic N) is 2. The van der Waals surface area contributed by atoms with E-state index in [9.17, 15) is 0 Å². The predicted molar refractivity (Wildman–Crippen MR) is 72.0 cm³/mol. The van der Waals surface area contributed by atoms with Crippen molar-refractivity contribution in [3.05, 3.63) is 23.0 Å². The summed E-state index contributed by atoms with van der Waals surface area (Å²) < 4.78 is 0. The van der Waals surface area contributed by atoms with E-state index in [4.69, 9.17) is 0 Å². The molecule has 96 valence electrons. The number of nitrogens with one attached hydrogen (secondary N) is 1. The number of aryl methyl sites for hydroxylation is 2. The Morgan fingerprint density at radius 1 is 1.24 bits per heavy atom. The fourth-order valence-corrected chi connectivity index (χ4v) is 2.03. The van der Waals surface area contributed by atoms with Gasteiger partial charge in [0.25, 0.3) is 0 Å². The molecule has 0 saturated heterocycles. The van der Waals surface area contributed by atoms with Crippen LogP contribution < -0.4 is 5.32 Å². The van der Waals surface area contributed by atoms with Crippen LogP contribution in [0.25, 0.3) is 0 Å². The van der Waals surface area contributed by atoms with Gasteiger partial charge in [-0.1, -0.05) is 20.8 Å². The van der Waals surface area contributed by atoms with Crippen LogP contribution in [0.4, 0.5) is 0 Å². The summed E-state index contributed by atoms with van der Waals surface area (Å²) in [7, 11) is 0. The third-order valence-electron chi connectivity index (χ3n) is 2.86. The zero-order valence-corrected chi connectivity index (χ0v) is 11.7. The Morgan fingerprint density at radius 2 is 1.94 bits per heavy atom. The molecule has 17 heavy (non-hydrogen) atoms. The van der Waals surface area contributed by atoms with Gasteiger partial charge < -0.3 is 5.32 Å². The molecule has 1 N–H and O–H groups in total. The summed E-state index contributed by atoms with van der Waals surface area (Å²) in [6.07, 6.45) is 2.30. The molecule has 0 spiro atoms. The lowest BCUT2D eigenvalue weighted by Crippen LogP contribution is -2.25. The van der Waals surface area contributed by atoms with Crippen molar-refractivity contribution in [3.63, 3.8) is 0 Å². The van der Waals surface area contributed by atoms with Crippen LogP contribution in [0.2, 0.25) is 0 Å². The Hall–Kier alpha value is -0.960. The topological polar surface area (TPSA) is 37.8 Å². The van der Waals surface area contributed by atoms with E-state index in [1.807, 2.05) is 13.8 Å². The van der Waals surface area contributed by atoms with Gasteiger partial charge in [0.15, 0.2) is 0 Å². The first-order chi connectivity index (χ1) is 8.04. The minimum atomic E-state index is 0.407. The standard InChI is InChI=1S/C14H25N3/c1-6-7-15-14(8-10(2)3)13-9-11(4)16-17-12(13)5/h9-10,14-15H,6-8H2,1-5H3. The van der Waals surface area contributed by atoms with E-state index < -0.39 is 0 Å². The third kappa shape index (κ3) is 4.43. The molecule has 0 aliphatic carbocycles. The van der Waals surface area contributed by atoms with Crippen molar-refractivity contribution in [2.75, 3.05) is 6.54 Å². The number of rotatable bonds is 6. The molecule has 1 atom stereocenters. The van der Waals surface area contributed by atoms with Gasteiger partial charge in [-0.15, -0.1) is 0 Å². The molecule has 0 aliphatic rings. The summed E-state index contributed by atoms with van der Waals surface area (Å²) in [4.78, 5) is 0. The molecule has 0 aromatic carbocycles. The van der Waals surface area contributed by atoms with Gasteiger partial charge in [-0.25, -0.2) is 0 Å². The Kier molecular flexibility index (Phi) is 5.56. The molecular formula is C14H25N3. The number of hydrogen-bond donors (Lipinski definition) is 1. The van der Waals surface area contributed by atoms with Crippen molar-refractivity contribution in [1.29, 1.82) is 0 Å². The van der Waals surface area contributed by atoms with Crippen LogP contribution in [0.5, 0.6) is 0 Å². The van der Waals surface area contributed by atoms with Crippen LogP contribution in [0, 0.1) is 19.8 Å². The van der Waals surface area contributed by atoms with Crippen LogP contribution in [0.1, 0.15) is 56.6 Å². The van der Waals surface area contributed by atoms with E-state index in [-0.39, 0.29) is 0 Å². The number of aromatic nitrogens is 2. The normalized spacial score (nSPS) is 13.1. The molecule has 1 heterocycles. The lowest BCUT2D eigenvalue weighted by atomic mass is 9.96. The molecule has 3 nitrogen and oxygen atoms in total. The van der Waals surface area contributed by atoms with Crippen LogP contribution in [0.15, 0.2) is 6.07 Å². The van der Waals surface area contributed by atoms with E-state index >= 15 is 0 Å². The van der Waals surface area contributed by atoms with Gasteiger partial charge in [0.05, 0.1) is 11.4 Å². The Labute approximate surface area is 105 Å². The Bertz CT molecular complexity index is 347. The molecule has 0 aliphatic heterocycles. The molecule has 1 unspecified atom stereocenters. The maximum Gasteiger partial charge on any atom is 0.0648 e. The summed E-state index contributed by atoms with van der Waals surface area (Å²) in [5.41, 5.74) is 3.35. The SMILES string of the molecule is CCCNC(CC(C)C)c1cc(C)nnc1C. The fraction of sp³-hybridized carbons (Fsp3) is 0.714. The molecule has 0 bridgehead atoms. The Morgan fingerprint density at radius 3 is 2.53 bits per heavy atom. The molecule has 1 aromatic rings. The highest BCUT2D eigenvalue weighted by atomic mass is 15.1. The van der Waals surface area contributed by atoms with Crippen molar-refractivity contribution < 1.29 is 0 Å². The van der Waals surface area contributed by atoms with E-state index in [0.29, 0.717) is 12.0 Å². The molecule has 1 rings (SSSR count). The molecule has 0 saturated carbocycles. The highest BCUT2D eigenvalue weighted by molar-refractivity contribution is 5.23. The molecular weight excluding hydrogens is 210 g/mol. The molecule has 0 radical (unpaired) electrons. The predicted octanol–water partition coefficient (Wildman–Crippen LogP) is 3.18. The van der Waals surface area contributed by atoms with Crippen LogP contribution in [-0.2, 0) is 0 Å². The minimum absolute atomic E-state index is 0.407. The molecule has 3 heteroatoms.